The number of hydrogen-bond donors (Lipinski definition) is 2. The Balaban J connectivity index is 2.10. The molecule has 0 heterocycles. The summed E-state index contributed by atoms with van der Waals surface area (Å²) in [6.07, 6.45) is 0. The number of nitrogens with two attached hydrogens (primary N) is 1. The number of methoxy groups -OCH3 is 3. The van der Waals surface area contributed by atoms with Crippen LogP contribution >= 0.6 is 0 Å². The molecule has 0 aliphatic rings. The summed E-state index contributed by atoms with van der Waals surface area (Å²) in [5.41, 5.74) is 8.81. The van der Waals surface area contributed by atoms with Crippen LogP contribution < -0.4 is 20.5 Å². The summed E-state index contributed by atoms with van der Waals surface area (Å²) in [5.74, 6) is 1.78. The van der Waals surface area contributed by atoms with Gasteiger partial charge in [-0.25, -0.2) is 4.99 Å². The zero-order valence-corrected chi connectivity index (χ0v) is 14.2. The maximum Gasteiger partial charge on any atom is 0.193 e. The second kappa shape index (κ2) is 8.79. The number of nitrogens with zero attached hydrogens (tertiary/aromatic N) is 1. The molecular formula is C18H23N3O3. The third kappa shape index (κ3) is 4.63. The molecule has 6 nitrogen and oxygen atoms in total. The molecule has 2 aromatic rings. The summed E-state index contributed by atoms with van der Waals surface area (Å²) in [6.45, 7) is 0.904. The van der Waals surface area contributed by atoms with Gasteiger partial charge in [0.2, 0.25) is 0 Å². The van der Waals surface area contributed by atoms with Crippen LogP contribution in [0.25, 0.3) is 0 Å². The molecule has 6 heteroatoms. The van der Waals surface area contributed by atoms with E-state index < -0.39 is 0 Å². The van der Waals surface area contributed by atoms with E-state index in [1.165, 1.54) is 0 Å². The fourth-order valence-corrected chi connectivity index (χ4v) is 2.25. The number of anilines is 1. The van der Waals surface area contributed by atoms with Gasteiger partial charge in [0.05, 0.1) is 27.4 Å². The van der Waals surface area contributed by atoms with Gasteiger partial charge in [-0.15, -0.1) is 0 Å². The second-order valence-corrected chi connectivity index (χ2v) is 5.09. The highest BCUT2D eigenvalue weighted by atomic mass is 16.5. The number of hydrogen-bond acceptors (Lipinski definition) is 4. The van der Waals surface area contributed by atoms with Crippen LogP contribution in [0.2, 0.25) is 0 Å². The Hall–Kier alpha value is -2.73. The lowest BCUT2D eigenvalue weighted by molar-refractivity contribution is 0.185. The lowest BCUT2D eigenvalue weighted by Crippen LogP contribution is -2.23. The average molecular weight is 329 g/mol. The van der Waals surface area contributed by atoms with Crippen molar-refractivity contribution in [1.29, 1.82) is 0 Å². The molecule has 0 radical (unpaired) electrons. The summed E-state index contributed by atoms with van der Waals surface area (Å²) < 4.78 is 15.7. The van der Waals surface area contributed by atoms with Crippen LogP contribution in [0.4, 0.5) is 5.69 Å². The molecule has 128 valence electrons. The van der Waals surface area contributed by atoms with Gasteiger partial charge in [-0.05, 0) is 18.2 Å². The monoisotopic (exact) mass is 329 g/mol. The van der Waals surface area contributed by atoms with Crippen LogP contribution in [0.15, 0.2) is 47.5 Å². The summed E-state index contributed by atoms with van der Waals surface area (Å²) in [4.78, 5) is 4.38. The number of rotatable bonds is 7. The summed E-state index contributed by atoms with van der Waals surface area (Å²) in [5, 5.41) is 3.11. The Labute approximate surface area is 142 Å². The molecular weight excluding hydrogens is 306 g/mol. The van der Waals surface area contributed by atoms with Gasteiger partial charge in [0.1, 0.15) is 11.5 Å². The normalized spacial score (nSPS) is 11.2. The van der Waals surface area contributed by atoms with Crippen molar-refractivity contribution in [2.75, 3.05) is 26.6 Å². The van der Waals surface area contributed by atoms with E-state index in [1.807, 2.05) is 42.5 Å². The minimum Gasteiger partial charge on any atom is -0.497 e. The first-order chi connectivity index (χ1) is 11.7. The number of para-hydroxylation sites is 1. The van der Waals surface area contributed by atoms with Crippen molar-refractivity contribution >= 4 is 11.6 Å². The fraction of sp³-hybridized carbons (Fsp3) is 0.278. The number of ether oxygens (including phenoxy) is 3. The smallest absolute Gasteiger partial charge is 0.193 e. The Kier molecular flexibility index (Phi) is 6.45. The molecule has 0 fully saturated rings. The lowest BCUT2D eigenvalue weighted by atomic mass is 10.2. The Morgan fingerprint density at radius 2 is 1.83 bits per heavy atom. The van der Waals surface area contributed by atoms with Crippen LogP contribution in [-0.2, 0) is 17.9 Å². The number of aliphatic imine (C=N–C) groups is 1. The van der Waals surface area contributed by atoms with Gasteiger partial charge < -0.3 is 25.3 Å². The fourth-order valence-electron chi connectivity index (χ4n) is 2.25. The lowest BCUT2D eigenvalue weighted by Gasteiger charge is -2.12. The van der Waals surface area contributed by atoms with E-state index in [9.17, 15) is 0 Å². The predicted molar refractivity (Wildman–Crippen MR) is 95.7 cm³/mol. The average Bonchev–Trinajstić information content (AvgIpc) is 2.61. The van der Waals surface area contributed by atoms with E-state index >= 15 is 0 Å². The van der Waals surface area contributed by atoms with E-state index in [1.54, 1.807) is 21.3 Å². The molecule has 0 amide bonds. The van der Waals surface area contributed by atoms with Gasteiger partial charge in [-0.2, -0.15) is 0 Å². The van der Waals surface area contributed by atoms with Gasteiger partial charge in [0.25, 0.3) is 0 Å². The maximum atomic E-state index is 6.00. The van der Waals surface area contributed by atoms with Crippen molar-refractivity contribution in [1.82, 2.24) is 0 Å². The first-order valence-corrected chi connectivity index (χ1v) is 7.52. The van der Waals surface area contributed by atoms with Crippen molar-refractivity contribution in [2.45, 2.75) is 13.2 Å². The zero-order chi connectivity index (χ0) is 17.4. The quantitative estimate of drug-likeness (QED) is 0.603. The second-order valence-electron chi connectivity index (χ2n) is 5.09. The van der Waals surface area contributed by atoms with Gasteiger partial charge >= 0.3 is 0 Å². The highest BCUT2D eigenvalue weighted by Crippen LogP contribution is 2.25. The topological polar surface area (TPSA) is 78.1 Å². The highest BCUT2D eigenvalue weighted by molar-refractivity contribution is 5.93. The van der Waals surface area contributed by atoms with Crippen molar-refractivity contribution in [3.63, 3.8) is 0 Å². The van der Waals surface area contributed by atoms with Crippen molar-refractivity contribution in [2.24, 2.45) is 10.7 Å². The zero-order valence-electron chi connectivity index (χ0n) is 14.2. The molecule has 0 saturated heterocycles. The number of guanidine groups is 1. The summed E-state index contributed by atoms with van der Waals surface area (Å²) in [6, 6.07) is 13.4. The number of benzene rings is 2. The van der Waals surface area contributed by atoms with Crippen molar-refractivity contribution in [3.05, 3.63) is 53.6 Å². The molecule has 3 N–H and O–H groups in total. The molecule has 0 bridgehead atoms. The first-order valence-electron chi connectivity index (χ1n) is 7.52. The Bertz CT molecular complexity index is 702. The van der Waals surface area contributed by atoms with Crippen LogP contribution in [0, 0.1) is 0 Å². The van der Waals surface area contributed by atoms with Crippen LogP contribution in [-0.4, -0.2) is 27.3 Å². The summed E-state index contributed by atoms with van der Waals surface area (Å²) >= 11 is 0. The van der Waals surface area contributed by atoms with Crippen LogP contribution in [0.1, 0.15) is 11.1 Å². The van der Waals surface area contributed by atoms with E-state index in [-0.39, 0.29) is 0 Å². The molecule has 0 saturated carbocycles. The molecule has 0 aliphatic carbocycles. The molecule has 0 unspecified atom stereocenters. The largest absolute Gasteiger partial charge is 0.497 e. The molecule has 24 heavy (non-hydrogen) atoms. The van der Waals surface area contributed by atoms with E-state index in [0.717, 1.165) is 22.6 Å². The summed E-state index contributed by atoms with van der Waals surface area (Å²) in [7, 11) is 4.89. The molecule has 0 aliphatic heterocycles. The maximum absolute atomic E-state index is 6.00. The molecule has 0 aromatic heterocycles. The highest BCUT2D eigenvalue weighted by Gasteiger charge is 2.06. The first kappa shape index (κ1) is 17.6. The van der Waals surface area contributed by atoms with E-state index in [2.05, 4.69) is 10.3 Å². The Morgan fingerprint density at radius 3 is 2.54 bits per heavy atom. The molecule has 0 atom stereocenters. The molecule has 2 aromatic carbocycles. The minimum absolute atomic E-state index is 0.330. The molecule has 2 rings (SSSR count). The Morgan fingerprint density at radius 1 is 1.04 bits per heavy atom. The van der Waals surface area contributed by atoms with Crippen LogP contribution in [0.5, 0.6) is 11.5 Å². The predicted octanol–water partition coefficient (Wildman–Crippen LogP) is 2.78. The third-order valence-corrected chi connectivity index (χ3v) is 3.49. The van der Waals surface area contributed by atoms with Crippen LogP contribution in [0.3, 0.4) is 0 Å². The van der Waals surface area contributed by atoms with Gasteiger partial charge in [0, 0.05) is 30.0 Å². The van der Waals surface area contributed by atoms with Gasteiger partial charge in [-0.3, -0.25) is 0 Å². The standard InChI is InChI=1S/C18H23N3O3/c1-22-12-14-6-4-5-7-16(14)21-18(19)20-11-13-8-9-15(23-2)10-17(13)24-3/h4-10H,11-12H2,1-3H3,(H3,19,20,21). The van der Waals surface area contributed by atoms with Crippen molar-refractivity contribution < 1.29 is 14.2 Å². The van der Waals surface area contributed by atoms with Gasteiger partial charge in [0.15, 0.2) is 5.96 Å². The third-order valence-electron chi connectivity index (χ3n) is 3.49. The van der Waals surface area contributed by atoms with E-state index in [4.69, 9.17) is 19.9 Å². The van der Waals surface area contributed by atoms with E-state index in [0.29, 0.717) is 24.9 Å². The minimum atomic E-state index is 0.330. The molecule has 0 spiro atoms. The SMILES string of the molecule is COCc1ccccc1NC(N)=NCc1ccc(OC)cc1OC. The van der Waals surface area contributed by atoms with Crippen molar-refractivity contribution in [3.8, 4) is 11.5 Å². The number of nitrogens with one attached hydrogen (secondary N) is 1. The van der Waals surface area contributed by atoms with Gasteiger partial charge in [-0.1, -0.05) is 18.2 Å².